The van der Waals surface area contributed by atoms with Crippen molar-refractivity contribution in [2.75, 3.05) is 26.0 Å². The maximum atomic E-state index is 11.9. The van der Waals surface area contributed by atoms with Crippen LogP contribution < -0.4 is 5.73 Å². The molecular formula is C22H38N2O5S. The predicted octanol–water partition coefficient (Wildman–Crippen LogP) is 2.72. The number of nitrogens with two attached hydrogens (primary N) is 1. The number of carbonyl (C=O) groups is 3. The van der Waals surface area contributed by atoms with E-state index in [9.17, 15) is 14.4 Å². The standard InChI is InChI=1S/C12H21NO5S.C10H17N/c1-9(8-19)12(17)13(7-10(14)15)6-4-3-5-11(16)18-2;11-10-4-7-1-8(5-10)3-9(2-7)6-10/h9,19H,3-8H2,1-2H3,(H,14,15);7-9H,1-6,11H2/t9-;/m1./s1. The van der Waals surface area contributed by atoms with Crippen molar-refractivity contribution in [3.8, 4) is 0 Å². The fourth-order valence-corrected chi connectivity index (χ4v) is 5.83. The highest BCUT2D eigenvalue weighted by Crippen LogP contribution is 2.54. The number of carbonyl (C=O) groups excluding carboxylic acids is 2. The van der Waals surface area contributed by atoms with Crippen molar-refractivity contribution in [1.29, 1.82) is 0 Å². The minimum absolute atomic E-state index is 0.226. The Hall–Kier alpha value is -1.28. The van der Waals surface area contributed by atoms with E-state index >= 15 is 0 Å². The zero-order chi connectivity index (χ0) is 22.3. The van der Waals surface area contributed by atoms with Crippen molar-refractivity contribution in [3.63, 3.8) is 0 Å². The van der Waals surface area contributed by atoms with Crippen LogP contribution in [-0.2, 0) is 19.1 Å². The number of ether oxygens (including phenoxy) is 1. The van der Waals surface area contributed by atoms with Crippen molar-refractivity contribution in [2.24, 2.45) is 29.4 Å². The van der Waals surface area contributed by atoms with Crippen LogP contribution in [0.5, 0.6) is 0 Å². The molecule has 7 nitrogen and oxygen atoms in total. The monoisotopic (exact) mass is 442 g/mol. The summed E-state index contributed by atoms with van der Waals surface area (Å²) in [4.78, 5) is 34.8. The predicted molar refractivity (Wildman–Crippen MR) is 118 cm³/mol. The smallest absolute Gasteiger partial charge is 0.323 e. The molecule has 0 aromatic rings. The lowest BCUT2D eigenvalue weighted by atomic mass is 9.53. The molecule has 4 fully saturated rings. The molecule has 0 aromatic heterocycles. The highest BCUT2D eigenvalue weighted by atomic mass is 32.1. The first-order valence-corrected chi connectivity index (χ1v) is 11.8. The van der Waals surface area contributed by atoms with Crippen LogP contribution in [0.3, 0.4) is 0 Å². The van der Waals surface area contributed by atoms with E-state index < -0.39 is 5.97 Å². The third-order valence-electron chi connectivity index (χ3n) is 6.71. The summed E-state index contributed by atoms with van der Waals surface area (Å²) in [5.41, 5.74) is 6.62. The van der Waals surface area contributed by atoms with Crippen LogP contribution in [0.4, 0.5) is 0 Å². The van der Waals surface area contributed by atoms with E-state index in [0.29, 0.717) is 30.7 Å². The van der Waals surface area contributed by atoms with Gasteiger partial charge in [0, 0.05) is 30.2 Å². The van der Waals surface area contributed by atoms with E-state index in [2.05, 4.69) is 17.4 Å². The molecule has 172 valence electrons. The molecule has 4 saturated carbocycles. The lowest BCUT2D eigenvalue weighted by molar-refractivity contribution is -0.146. The van der Waals surface area contributed by atoms with Crippen LogP contribution in [0.1, 0.15) is 64.7 Å². The van der Waals surface area contributed by atoms with Gasteiger partial charge >= 0.3 is 11.9 Å². The van der Waals surface area contributed by atoms with Gasteiger partial charge in [0.05, 0.1) is 7.11 Å². The zero-order valence-corrected chi connectivity index (χ0v) is 19.2. The van der Waals surface area contributed by atoms with E-state index in [1.807, 2.05) is 0 Å². The number of amides is 1. The molecule has 1 atom stereocenters. The number of carboxylic acid groups (broad SMARTS) is 1. The van der Waals surface area contributed by atoms with Gasteiger partial charge in [0.15, 0.2) is 0 Å². The first-order valence-electron chi connectivity index (χ1n) is 11.1. The summed E-state index contributed by atoms with van der Waals surface area (Å²) in [6.07, 6.45) is 9.97. The Balaban J connectivity index is 0.000000240. The number of rotatable bonds is 9. The summed E-state index contributed by atoms with van der Waals surface area (Å²) in [7, 11) is 1.32. The molecule has 0 spiro atoms. The second-order valence-electron chi connectivity index (χ2n) is 9.55. The molecule has 3 N–H and O–H groups in total. The number of esters is 1. The Bertz CT molecular complexity index is 577. The third-order valence-corrected chi connectivity index (χ3v) is 7.25. The van der Waals surface area contributed by atoms with Crippen molar-refractivity contribution in [1.82, 2.24) is 4.90 Å². The Kier molecular flexibility index (Phi) is 9.47. The Morgan fingerprint density at radius 1 is 1.13 bits per heavy atom. The van der Waals surface area contributed by atoms with Crippen LogP contribution >= 0.6 is 12.6 Å². The number of thiol groups is 1. The van der Waals surface area contributed by atoms with Gasteiger partial charge in [-0.05, 0) is 69.1 Å². The van der Waals surface area contributed by atoms with E-state index in [-0.39, 0.29) is 30.8 Å². The van der Waals surface area contributed by atoms with Crippen LogP contribution in [0, 0.1) is 23.7 Å². The van der Waals surface area contributed by atoms with E-state index in [1.165, 1.54) is 50.5 Å². The van der Waals surface area contributed by atoms with Crippen LogP contribution in [-0.4, -0.2) is 59.3 Å². The summed E-state index contributed by atoms with van der Waals surface area (Å²) >= 11 is 4.03. The van der Waals surface area contributed by atoms with Crippen molar-refractivity contribution >= 4 is 30.5 Å². The maximum absolute atomic E-state index is 11.9. The zero-order valence-electron chi connectivity index (χ0n) is 18.3. The second-order valence-corrected chi connectivity index (χ2v) is 9.92. The van der Waals surface area contributed by atoms with Gasteiger partial charge in [-0.3, -0.25) is 14.4 Å². The van der Waals surface area contributed by atoms with Gasteiger partial charge in [-0.1, -0.05) is 6.92 Å². The number of hydrogen-bond acceptors (Lipinski definition) is 6. The fourth-order valence-electron chi connectivity index (χ4n) is 5.67. The van der Waals surface area contributed by atoms with E-state index in [4.69, 9.17) is 10.8 Å². The summed E-state index contributed by atoms with van der Waals surface area (Å²) < 4.78 is 4.50. The molecule has 0 unspecified atom stereocenters. The topological polar surface area (TPSA) is 110 Å². The molecule has 8 heteroatoms. The summed E-state index contributed by atoms with van der Waals surface area (Å²) in [5, 5.41) is 8.78. The molecule has 0 aliphatic heterocycles. The first kappa shape index (κ1) is 25.0. The van der Waals surface area contributed by atoms with Crippen LogP contribution in [0.15, 0.2) is 0 Å². The number of unbranched alkanes of at least 4 members (excludes halogenated alkanes) is 1. The largest absolute Gasteiger partial charge is 0.480 e. The lowest BCUT2D eigenvalue weighted by Crippen LogP contribution is -2.55. The van der Waals surface area contributed by atoms with E-state index in [1.54, 1.807) is 6.92 Å². The van der Waals surface area contributed by atoms with Crippen molar-refractivity contribution in [3.05, 3.63) is 0 Å². The molecule has 0 aromatic carbocycles. The molecule has 0 saturated heterocycles. The molecule has 0 radical (unpaired) electrons. The molecule has 4 bridgehead atoms. The third kappa shape index (κ3) is 7.45. The Morgan fingerprint density at radius 2 is 1.67 bits per heavy atom. The molecular weight excluding hydrogens is 404 g/mol. The normalized spacial score (nSPS) is 29.5. The van der Waals surface area contributed by atoms with Gasteiger partial charge in [0.25, 0.3) is 0 Å². The van der Waals surface area contributed by atoms with Gasteiger partial charge in [0.1, 0.15) is 6.54 Å². The van der Waals surface area contributed by atoms with Crippen LogP contribution in [0.2, 0.25) is 0 Å². The Morgan fingerprint density at radius 3 is 2.07 bits per heavy atom. The van der Waals surface area contributed by atoms with Crippen molar-refractivity contribution < 1.29 is 24.2 Å². The van der Waals surface area contributed by atoms with Gasteiger partial charge in [-0.25, -0.2) is 0 Å². The molecule has 0 heterocycles. The molecule has 4 aliphatic rings. The first-order chi connectivity index (χ1) is 14.2. The quantitative estimate of drug-likeness (QED) is 0.288. The summed E-state index contributed by atoms with van der Waals surface area (Å²) in [6, 6.07) is 0. The molecule has 1 amide bonds. The highest BCUT2D eigenvalue weighted by molar-refractivity contribution is 7.80. The minimum Gasteiger partial charge on any atom is -0.480 e. The SMILES string of the molecule is COC(=O)CCCCN(CC(=O)O)C(=O)[C@H](C)CS.NC12CC3CC(CC(C3)C1)C2. The molecule has 4 aliphatic carbocycles. The number of hydrogen-bond donors (Lipinski definition) is 3. The highest BCUT2D eigenvalue weighted by Gasteiger charge is 2.48. The fraction of sp³-hybridized carbons (Fsp3) is 0.864. The number of carboxylic acids is 1. The minimum atomic E-state index is -1.05. The summed E-state index contributed by atoms with van der Waals surface area (Å²) in [5.74, 6) is 1.53. The lowest BCUT2D eigenvalue weighted by Gasteiger charge is -2.55. The molecule has 30 heavy (non-hydrogen) atoms. The van der Waals surface area contributed by atoms with Gasteiger partial charge in [-0.15, -0.1) is 0 Å². The Labute approximate surface area is 185 Å². The number of aliphatic carboxylic acids is 1. The van der Waals surface area contributed by atoms with Crippen LogP contribution in [0.25, 0.3) is 0 Å². The second kappa shape index (κ2) is 11.4. The van der Waals surface area contributed by atoms with Gasteiger partial charge in [-0.2, -0.15) is 12.6 Å². The molecule has 4 rings (SSSR count). The van der Waals surface area contributed by atoms with E-state index in [0.717, 1.165) is 17.8 Å². The van der Waals surface area contributed by atoms with Gasteiger partial charge in [0.2, 0.25) is 5.91 Å². The maximum Gasteiger partial charge on any atom is 0.323 e. The average Bonchev–Trinajstić information content (AvgIpc) is 2.67. The summed E-state index contributed by atoms with van der Waals surface area (Å²) in [6.45, 7) is 1.70. The number of methoxy groups -OCH3 is 1. The average molecular weight is 443 g/mol. The van der Waals surface area contributed by atoms with Crippen molar-refractivity contribution in [2.45, 2.75) is 70.3 Å². The van der Waals surface area contributed by atoms with Gasteiger partial charge < -0.3 is 20.5 Å². The number of nitrogens with zero attached hydrogens (tertiary/aromatic N) is 1.